The fourth-order valence-electron chi connectivity index (χ4n) is 2.35. The van der Waals surface area contributed by atoms with Crippen molar-refractivity contribution < 1.29 is 4.79 Å². The number of carbonyl (C=O) groups excluding carboxylic acids is 1. The molecule has 0 aliphatic carbocycles. The smallest absolute Gasteiger partial charge is 0.123 e. The van der Waals surface area contributed by atoms with Gasteiger partial charge in [-0.15, -0.1) is 0 Å². The highest BCUT2D eigenvalue weighted by Gasteiger charge is 2.16. The molecule has 0 saturated carbocycles. The van der Waals surface area contributed by atoms with Crippen molar-refractivity contribution in [3.8, 4) is 0 Å². The second kappa shape index (κ2) is 9.64. The Morgan fingerprint density at radius 1 is 1.06 bits per heavy atom. The molecule has 1 unspecified atom stereocenters. The Hall–Kier alpha value is -0.370. The minimum absolute atomic E-state index is 0.223. The minimum Gasteiger partial charge on any atom is -0.303 e. The molecule has 0 aliphatic rings. The zero-order valence-corrected chi connectivity index (χ0v) is 12.4. The Labute approximate surface area is 108 Å². The van der Waals surface area contributed by atoms with E-state index < -0.39 is 0 Å². The number of nitrogens with zero attached hydrogens (tertiary/aromatic N) is 1. The van der Waals surface area contributed by atoms with Gasteiger partial charge in [0.1, 0.15) is 6.29 Å². The van der Waals surface area contributed by atoms with Crippen LogP contribution in [0, 0.1) is 11.8 Å². The second-order valence-corrected chi connectivity index (χ2v) is 5.54. The lowest BCUT2D eigenvalue weighted by molar-refractivity contribution is -0.112. The van der Waals surface area contributed by atoms with Gasteiger partial charge in [0.05, 0.1) is 0 Å². The zero-order chi connectivity index (χ0) is 13.3. The number of carbonyl (C=O) groups is 1. The van der Waals surface area contributed by atoms with Crippen LogP contribution < -0.4 is 0 Å². The first-order chi connectivity index (χ1) is 8.06. The monoisotopic (exact) mass is 241 g/mol. The molecule has 0 spiro atoms. The van der Waals surface area contributed by atoms with Crippen LogP contribution in [-0.4, -0.2) is 30.8 Å². The molecule has 2 heteroatoms. The van der Waals surface area contributed by atoms with Crippen LogP contribution in [-0.2, 0) is 4.79 Å². The van der Waals surface area contributed by atoms with Crippen LogP contribution in [0.2, 0.25) is 0 Å². The van der Waals surface area contributed by atoms with Gasteiger partial charge in [-0.2, -0.15) is 0 Å². The Kier molecular flexibility index (Phi) is 9.43. The second-order valence-electron chi connectivity index (χ2n) is 5.54. The van der Waals surface area contributed by atoms with E-state index in [2.05, 4.69) is 39.6 Å². The van der Waals surface area contributed by atoms with Crippen molar-refractivity contribution >= 4 is 6.29 Å². The Balaban J connectivity index is 4.10. The highest BCUT2D eigenvalue weighted by molar-refractivity contribution is 5.53. The maximum Gasteiger partial charge on any atom is 0.123 e. The predicted molar refractivity (Wildman–Crippen MR) is 75.2 cm³/mol. The van der Waals surface area contributed by atoms with Crippen molar-refractivity contribution in [2.24, 2.45) is 11.8 Å². The Morgan fingerprint density at radius 3 is 1.94 bits per heavy atom. The number of aldehydes is 1. The Morgan fingerprint density at radius 2 is 1.59 bits per heavy atom. The molecule has 0 aromatic rings. The molecule has 0 fully saturated rings. The highest BCUT2D eigenvalue weighted by Crippen LogP contribution is 2.16. The van der Waals surface area contributed by atoms with Gasteiger partial charge in [0.25, 0.3) is 0 Å². The number of hydrogen-bond donors (Lipinski definition) is 0. The highest BCUT2D eigenvalue weighted by atomic mass is 16.1. The zero-order valence-electron chi connectivity index (χ0n) is 12.4. The van der Waals surface area contributed by atoms with Crippen molar-refractivity contribution in [1.29, 1.82) is 0 Å². The van der Waals surface area contributed by atoms with Crippen molar-refractivity contribution in [1.82, 2.24) is 4.90 Å². The normalized spacial score (nSPS) is 13.6. The molecule has 0 aromatic heterocycles. The van der Waals surface area contributed by atoms with Gasteiger partial charge >= 0.3 is 0 Å². The molecule has 0 N–H and O–H groups in total. The molecule has 0 amide bonds. The molecule has 0 aliphatic heterocycles. The maximum atomic E-state index is 11.0. The quantitative estimate of drug-likeness (QED) is 0.543. The maximum absolute atomic E-state index is 11.0. The van der Waals surface area contributed by atoms with Gasteiger partial charge < -0.3 is 9.69 Å². The molecule has 0 radical (unpaired) electrons. The van der Waals surface area contributed by atoms with Gasteiger partial charge in [0.15, 0.2) is 0 Å². The molecular formula is C15H31NO. The lowest BCUT2D eigenvalue weighted by atomic mass is 9.93. The molecule has 2 nitrogen and oxygen atoms in total. The van der Waals surface area contributed by atoms with Crippen LogP contribution in [0.15, 0.2) is 0 Å². The standard InChI is InChI=1S/C15H31NO/c1-6-8-15(9-7-2)16(5)11-10-14(12-17)13(3)4/h12-15H,6-11H2,1-5H3. The topological polar surface area (TPSA) is 20.3 Å². The average Bonchev–Trinajstić information content (AvgIpc) is 2.28. The van der Waals surface area contributed by atoms with E-state index in [1.54, 1.807) is 0 Å². The third kappa shape index (κ3) is 6.82. The lowest BCUT2D eigenvalue weighted by Gasteiger charge is -2.29. The van der Waals surface area contributed by atoms with E-state index in [4.69, 9.17) is 0 Å². The fourth-order valence-corrected chi connectivity index (χ4v) is 2.35. The van der Waals surface area contributed by atoms with Crippen molar-refractivity contribution in [2.45, 2.75) is 65.8 Å². The van der Waals surface area contributed by atoms with Crippen LogP contribution in [0.1, 0.15) is 59.8 Å². The van der Waals surface area contributed by atoms with Gasteiger partial charge in [0.2, 0.25) is 0 Å². The summed E-state index contributed by atoms with van der Waals surface area (Å²) in [6.45, 7) is 9.81. The predicted octanol–water partition coefficient (Wildman–Crippen LogP) is 3.75. The van der Waals surface area contributed by atoms with Crippen LogP contribution >= 0.6 is 0 Å². The van der Waals surface area contributed by atoms with Crippen molar-refractivity contribution in [3.63, 3.8) is 0 Å². The van der Waals surface area contributed by atoms with E-state index in [1.807, 2.05) is 0 Å². The third-order valence-electron chi connectivity index (χ3n) is 3.71. The SMILES string of the molecule is CCCC(CCC)N(C)CCC(C=O)C(C)C. The van der Waals surface area contributed by atoms with Gasteiger partial charge in [-0.25, -0.2) is 0 Å². The summed E-state index contributed by atoms with van der Waals surface area (Å²) in [4.78, 5) is 13.4. The fraction of sp³-hybridized carbons (Fsp3) is 0.933. The van der Waals surface area contributed by atoms with E-state index in [0.717, 1.165) is 19.3 Å². The third-order valence-corrected chi connectivity index (χ3v) is 3.71. The number of hydrogen-bond acceptors (Lipinski definition) is 2. The first-order valence-corrected chi connectivity index (χ1v) is 7.22. The van der Waals surface area contributed by atoms with Gasteiger partial charge in [-0.3, -0.25) is 0 Å². The summed E-state index contributed by atoms with van der Waals surface area (Å²) in [7, 11) is 2.21. The van der Waals surface area contributed by atoms with Crippen LogP contribution in [0.5, 0.6) is 0 Å². The molecule has 102 valence electrons. The van der Waals surface area contributed by atoms with Gasteiger partial charge in [-0.05, 0) is 38.8 Å². The first-order valence-electron chi connectivity index (χ1n) is 7.22. The van der Waals surface area contributed by atoms with Crippen LogP contribution in [0.25, 0.3) is 0 Å². The summed E-state index contributed by atoms with van der Waals surface area (Å²) in [5, 5.41) is 0. The summed E-state index contributed by atoms with van der Waals surface area (Å²) < 4.78 is 0. The summed E-state index contributed by atoms with van der Waals surface area (Å²) in [5.41, 5.74) is 0. The van der Waals surface area contributed by atoms with E-state index >= 15 is 0 Å². The van der Waals surface area contributed by atoms with E-state index in [9.17, 15) is 4.79 Å². The molecule has 0 aromatic carbocycles. The first kappa shape index (κ1) is 16.6. The molecule has 1 atom stereocenters. The average molecular weight is 241 g/mol. The molecular weight excluding hydrogens is 210 g/mol. The van der Waals surface area contributed by atoms with Gasteiger partial charge in [0, 0.05) is 12.0 Å². The van der Waals surface area contributed by atoms with E-state index in [1.165, 1.54) is 25.7 Å². The van der Waals surface area contributed by atoms with Crippen molar-refractivity contribution in [2.75, 3.05) is 13.6 Å². The summed E-state index contributed by atoms with van der Waals surface area (Å²) in [5.74, 6) is 0.693. The van der Waals surface area contributed by atoms with Crippen LogP contribution in [0.3, 0.4) is 0 Å². The molecule has 0 rings (SSSR count). The molecule has 0 heterocycles. The minimum atomic E-state index is 0.223. The Bertz CT molecular complexity index is 185. The van der Waals surface area contributed by atoms with Crippen molar-refractivity contribution in [3.05, 3.63) is 0 Å². The largest absolute Gasteiger partial charge is 0.303 e. The number of rotatable bonds is 10. The lowest BCUT2D eigenvalue weighted by Crippen LogP contribution is -2.33. The van der Waals surface area contributed by atoms with E-state index in [0.29, 0.717) is 12.0 Å². The molecule has 0 bridgehead atoms. The molecule has 0 saturated heterocycles. The molecule has 17 heavy (non-hydrogen) atoms. The van der Waals surface area contributed by atoms with Gasteiger partial charge in [-0.1, -0.05) is 40.5 Å². The van der Waals surface area contributed by atoms with Crippen LogP contribution in [0.4, 0.5) is 0 Å². The summed E-state index contributed by atoms with van der Waals surface area (Å²) >= 11 is 0. The summed E-state index contributed by atoms with van der Waals surface area (Å²) in [6, 6.07) is 0.699. The van der Waals surface area contributed by atoms with E-state index in [-0.39, 0.29) is 5.92 Å². The summed E-state index contributed by atoms with van der Waals surface area (Å²) in [6.07, 6.45) is 7.18.